The number of rotatable bonds is 3. The van der Waals surface area contributed by atoms with E-state index < -0.39 is 0 Å². The number of fused-ring (bicyclic) bond motifs is 1. The summed E-state index contributed by atoms with van der Waals surface area (Å²) in [4.78, 5) is 17.7. The number of nitrogens with zero attached hydrogens (tertiary/aromatic N) is 3. The molecular formula is C20H24N4O. The number of nitrogens with one attached hydrogen (secondary N) is 1. The van der Waals surface area contributed by atoms with Crippen LogP contribution in [-0.4, -0.2) is 27.9 Å². The lowest BCUT2D eigenvalue weighted by atomic mass is 9.86. The van der Waals surface area contributed by atoms with E-state index in [1.807, 2.05) is 41.9 Å². The van der Waals surface area contributed by atoms with Crippen LogP contribution in [0.4, 0.5) is 5.69 Å². The maximum Gasteiger partial charge on any atom is 0.272 e. The summed E-state index contributed by atoms with van der Waals surface area (Å²) in [5, 5.41) is 7.81. The van der Waals surface area contributed by atoms with Gasteiger partial charge in [0.2, 0.25) is 0 Å². The molecule has 0 bridgehead atoms. The first kappa shape index (κ1) is 16.1. The van der Waals surface area contributed by atoms with Crippen molar-refractivity contribution in [2.45, 2.75) is 51.5 Å². The van der Waals surface area contributed by atoms with E-state index in [9.17, 15) is 4.79 Å². The van der Waals surface area contributed by atoms with Crippen LogP contribution in [0.15, 0.2) is 35.3 Å². The summed E-state index contributed by atoms with van der Waals surface area (Å²) in [6.07, 6.45) is 6.06. The summed E-state index contributed by atoms with van der Waals surface area (Å²) in [5.74, 6) is 0.350. The maximum atomic E-state index is 12.7. The van der Waals surface area contributed by atoms with Crippen molar-refractivity contribution in [3.8, 4) is 0 Å². The fourth-order valence-electron chi connectivity index (χ4n) is 3.91. The average molecular weight is 336 g/mol. The lowest BCUT2D eigenvalue weighted by molar-refractivity contribution is 0.0950. The van der Waals surface area contributed by atoms with E-state index in [2.05, 4.69) is 5.32 Å². The molecule has 0 saturated heterocycles. The second kappa shape index (κ2) is 6.82. The van der Waals surface area contributed by atoms with Crippen LogP contribution < -0.4 is 5.32 Å². The van der Waals surface area contributed by atoms with Crippen LogP contribution in [0.2, 0.25) is 0 Å². The van der Waals surface area contributed by atoms with Gasteiger partial charge >= 0.3 is 0 Å². The van der Waals surface area contributed by atoms with Crippen molar-refractivity contribution >= 4 is 17.3 Å². The Morgan fingerprint density at radius 2 is 1.92 bits per heavy atom. The highest BCUT2D eigenvalue weighted by atomic mass is 16.2. The predicted molar refractivity (Wildman–Crippen MR) is 98.7 cm³/mol. The Balaban J connectivity index is 1.85. The summed E-state index contributed by atoms with van der Waals surface area (Å²) in [6.45, 7) is 3.15. The highest BCUT2D eigenvalue weighted by Crippen LogP contribution is 2.39. The van der Waals surface area contributed by atoms with Crippen LogP contribution in [0.5, 0.6) is 0 Å². The Hall–Kier alpha value is -2.43. The predicted octanol–water partition coefficient (Wildman–Crippen LogP) is 3.81. The van der Waals surface area contributed by atoms with Gasteiger partial charge in [0.05, 0.1) is 18.0 Å². The zero-order valence-corrected chi connectivity index (χ0v) is 14.7. The fourth-order valence-corrected chi connectivity index (χ4v) is 3.91. The smallest absolute Gasteiger partial charge is 0.272 e. The third-order valence-electron chi connectivity index (χ3n) is 5.23. The van der Waals surface area contributed by atoms with Crippen molar-refractivity contribution in [3.63, 3.8) is 0 Å². The Kier molecular flexibility index (Phi) is 4.38. The second-order valence-electron chi connectivity index (χ2n) is 6.84. The molecule has 2 aromatic rings. The van der Waals surface area contributed by atoms with Crippen molar-refractivity contribution in [2.75, 3.05) is 6.54 Å². The third-order valence-corrected chi connectivity index (χ3v) is 5.23. The zero-order chi connectivity index (χ0) is 17.2. The minimum absolute atomic E-state index is 0.0684. The van der Waals surface area contributed by atoms with Gasteiger partial charge in [-0.3, -0.25) is 9.48 Å². The molecule has 130 valence electrons. The standard InChI is InChI=1S/C20H24N4O/c1-2-24-19-18(17(23-24)15-11-7-4-8-12-15)22-16(13-21-20(19)25)14-9-5-3-6-10-14/h3,5-6,9-10,15H,2,4,7-8,11-13H2,1H3,(H,21,25). The van der Waals surface area contributed by atoms with Crippen LogP contribution in [0.3, 0.4) is 0 Å². The summed E-state index contributed by atoms with van der Waals surface area (Å²) < 4.78 is 1.83. The van der Waals surface area contributed by atoms with Crippen molar-refractivity contribution in [1.29, 1.82) is 0 Å². The summed E-state index contributed by atoms with van der Waals surface area (Å²) in [7, 11) is 0. The van der Waals surface area contributed by atoms with Crippen LogP contribution in [0, 0.1) is 0 Å². The largest absolute Gasteiger partial charge is 0.345 e. The molecule has 1 saturated carbocycles. The number of aromatic nitrogens is 2. The molecule has 1 fully saturated rings. The van der Waals surface area contributed by atoms with Gasteiger partial charge < -0.3 is 5.32 Å². The molecule has 4 rings (SSSR count). The molecule has 1 N–H and O–H groups in total. The van der Waals surface area contributed by atoms with E-state index in [1.165, 1.54) is 19.3 Å². The SMILES string of the molecule is CCn1nc(C2CCCCC2)c2c1C(=O)NCC(c1ccccc1)=N2. The van der Waals surface area contributed by atoms with Gasteiger partial charge in [-0.15, -0.1) is 0 Å². The van der Waals surface area contributed by atoms with Gasteiger partial charge in [0.25, 0.3) is 5.91 Å². The molecule has 25 heavy (non-hydrogen) atoms. The van der Waals surface area contributed by atoms with Crippen molar-refractivity contribution in [2.24, 2.45) is 4.99 Å². The molecule has 2 heterocycles. The quantitative estimate of drug-likeness (QED) is 0.926. The normalized spacial score (nSPS) is 18.3. The van der Waals surface area contributed by atoms with Crippen LogP contribution in [0.25, 0.3) is 0 Å². The number of hydrogen-bond acceptors (Lipinski definition) is 3. The highest BCUT2D eigenvalue weighted by Gasteiger charge is 2.30. The van der Waals surface area contributed by atoms with E-state index in [-0.39, 0.29) is 5.91 Å². The van der Waals surface area contributed by atoms with Crippen molar-refractivity contribution < 1.29 is 4.79 Å². The van der Waals surface area contributed by atoms with E-state index in [0.29, 0.717) is 24.7 Å². The fraction of sp³-hybridized carbons (Fsp3) is 0.450. The molecule has 1 aliphatic heterocycles. The molecule has 2 aliphatic rings. The van der Waals surface area contributed by atoms with Crippen LogP contribution >= 0.6 is 0 Å². The van der Waals surface area contributed by atoms with E-state index in [1.54, 1.807) is 0 Å². The van der Waals surface area contributed by atoms with E-state index in [0.717, 1.165) is 35.5 Å². The Labute approximate surface area is 148 Å². The molecule has 5 heteroatoms. The second-order valence-corrected chi connectivity index (χ2v) is 6.84. The number of aliphatic imine (C=N–C) groups is 1. The first-order valence-electron chi connectivity index (χ1n) is 9.29. The zero-order valence-electron chi connectivity index (χ0n) is 14.7. The highest BCUT2D eigenvalue weighted by molar-refractivity contribution is 6.10. The molecule has 0 atom stereocenters. The lowest BCUT2D eigenvalue weighted by Crippen LogP contribution is -2.29. The molecule has 0 radical (unpaired) electrons. The maximum absolute atomic E-state index is 12.7. The number of carbonyl (C=O) groups is 1. The van der Waals surface area contributed by atoms with E-state index in [4.69, 9.17) is 10.1 Å². The number of carbonyl (C=O) groups excluding carboxylic acids is 1. The number of benzene rings is 1. The first-order chi connectivity index (χ1) is 12.3. The van der Waals surface area contributed by atoms with Crippen molar-refractivity contribution in [3.05, 3.63) is 47.3 Å². The van der Waals surface area contributed by atoms with Gasteiger partial charge in [0.15, 0.2) is 5.69 Å². The molecule has 1 aromatic heterocycles. The molecule has 5 nitrogen and oxygen atoms in total. The Morgan fingerprint density at radius 1 is 1.16 bits per heavy atom. The molecule has 1 amide bonds. The molecular weight excluding hydrogens is 312 g/mol. The van der Waals surface area contributed by atoms with Gasteiger partial charge in [-0.2, -0.15) is 5.10 Å². The van der Waals surface area contributed by atoms with Crippen molar-refractivity contribution in [1.82, 2.24) is 15.1 Å². The minimum Gasteiger partial charge on any atom is -0.345 e. The summed E-state index contributed by atoms with van der Waals surface area (Å²) >= 11 is 0. The number of hydrogen-bond donors (Lipinski definition) is 1. The van der Waals surface area contributed by atoms with Gasteiger partial charge in [0.1, 0.15) is 5.69 Å². The van der Waals surface area contributed by atoms with Gasteiger partial charge in [0, 0.05) is 12.5 Å². The monoisotopic (exact) mass is 336 g/mol. The summed E-state index contributed by atoms with van der Waals surface area (Å²) in [5.41, 5.74) is 4.38. The van der Waals surface area contributed by atoms with Crippen LogP contribution in [-0.2, 0) is 6.54 Å². The van der Waals surface area contributed by atoms with Gasteiger partial charge in [-0.1, -0.05) is 49.6 Å². The van der Waals surface area contributed by atoms with Gasteiger partial charge in [-0.05, 0) is 25.3 Å². The van der Waals surface area contributed by atoms with Crippen LogP contribution in [0.1, 0.15) is 66.7 Å². The topological polar surface area (TPSA) is 59.3 Å². The molecule has 1 aliphatic carbocycles. The third kappa shape index (κ3) is 2.99. The van der Waals surface area contributed by atoms with Gasteiger partial charge in [-0.25, -0.2) is 4.99 Å². The Morgan fingerprint density at radius 3 is 2.64 bits per heavy atom. The molecule has 0 spiro atoms. The Bertz CT molecular complexity index is 801. The average Bonchev–Trinajstić information content (AvgIpc) is 2.95. The molecule has 0 unspecified atom stereocenters. The number of amides is 1. The first-order valence-corrected chi connectivity index (χ1v) is 9.29. The van der Waals surface area contributed by atoms with E-state index >= 15 is 0 Å². The summed E-state index contributed by atoms with van der Waals surface area (Å²) in [6, 6.07) is 10.1. The number of aryl methyl sites for hydroxylation is 1. The lowest BCUT2D eigenvalue weighted by Gasteiger charge is -2.20. The molecule has 1 aromatic carbocycles. The minimum atomic E-state index is -0.0684.